The van der Waals surface area contributed by atoms with E-state index in [1.807, 2.05) is 37.3 Å². The highest BCUT2D eigenvalue weighted by atomic mass is 79.9. The lowest BCUT2D eigenvalue weighted by atomic mass is 10.0. The van der Waals surface area contributed by atoms with Crippen LogP contribution in [0.2, 0.25) is 10.0 Å². The summed E-state index contributed by atoms with van der Waals surface area (Å²) in [6.07, 6.45) is 0.146. The van der Waals surface area contributed by atoms with Crippen LogP contribution in [0.15, 0.2) is 46.9 Å². The molecule has 2 atom stereocenters. The molecule has 2 unspecified atom stereocenters. The van der Waals surface area contributed by atoms with Crippen LogP contribution in [0, 0.1) is 0 Å². The highest BCUT2D eigenvalue weighted by Crippen LogP contribution is 2.30. The van der Waals surface area contributed by atoms with Crippen molar-refractivity contribution in [1.82, 2.24) is 10.2 Å². The minimum Gasteiger partial charge on any atom is -0.349 e. The Morgan fingerprint density at radius 3 is 2.33 bits per heavy atom. The topological polar surface area (TPSA) is 49.4 Å². The molecule has 0 aliphatic heterocycles. The van der Waals surface area contributed by atoms with Crippen molar-refractivity contribution in [2.75, 3.05) is 7.05 Å². The predicted octanol–water partition coefficient (Wildman–Crippen LogP) is 5.54. The van der Waals surface area contributed by atoms with Gasteiger partial charge in [-0.05, 0) is 42.3 Å². The van der Waals surface area contributed by atoms with Crippen LogP contribution in [0.25, 0.3) is 0 Å². The number of hydrogen-bond donors (Lipinski definition) is 1. The number of carbonyl (C=O) groups excluding carboxylic acids is 2. The first-order chi connectivity index (χ1) is 12.7. The van der Waals surface area contributed by atoms with Crippen molar-refractivity contribution in [2.45, 2.75) is 32.4 Å². The summed E-state index contributed by atoms with van der Waals surface area (Å²) >= 11 is 15.6. The summed E-state index contributed by atoms with van der Waals surface area (Å²) in [6, 6.07) is 12.1. The van der Waals surface area contributed by atoms with Gasteiger partial charge in [-0.25, -0.2) is 0 Å². The van der Waals surface area contributed by atoms with Gasteiger partial charge < -0.3 is 10.2 Å². The van der Waals surface area contributed by atoms with Gasteiger partial charge in [-0.15, -0.1) is 0 Å². The van der Waals surface area contributed by atoms with E-state index in [-0.39, 0.29) is 24.3 Å². The number of nitrogens with one attached hydrogen (secondary N) is 1. The van der Waals surface area contributed by atoms with Crippen LogP contribution in [0.1, 0.15) is 43.5 Å². The Morgan fingerprint density at radius 1 is 1.15 bits per heavy atom. The molecule has 27 heavy (non-hydrogen) atoms. The SMILES string of the molecule is CC(=O)NC(CC(=O)N(C)C(C)c1ccc(Cl)cc1Cl)c1ccc(Br)cc1. The molecule has 0 saturated carbocycles. The zero-order valence-corrected chi connectivity index (χ0v) is 18.4. The van der Waals surface area contributed by atoms with Crippen LogP contribution in [0.4, 0.5) is 0 Å². The Morgan fingerprint density at radius 2 is 1.78 bits per heavy atom. The third-order valence-electron chi connectivity index (χ3n) is 4.42. The summed E-state index contributed by atoms with van der Waals surface area (Å²) in [5.41, 5.74) is 1.68. The number of amides is 2. The first-order valence-electron chi connectivity index (χ1n) is 8.42. The Kier molecular flexibility index (Phi) is 7.71. The molecule has 2 rings (SSSR count). The first kappa shape index (κ1) is 21.7. The standard InChI is InChI=1S/C20H21BrCl2N2O2/c1-12(17-9-8-16(22)10-18(17)23)25(3)20(27)11-19(24-13(2)26)14-4-6-15(21)7-5-14/h4-10,12,19H,11H2,1-3H3,(H,24,26). The van der Waals surface area contributed by atoms with Crippen molar-refractivity contribution in [1.29, 1.82) is 0 Å². The Balaban J connectivity index is 2.17. The van der Waals surface area contributed by atoms with E-state index in [1.54, 1.807) is 24.1 Å². The van der Waals surface area contributed by atoms with E-state index in [1.165, 1.54) is 6.92 Å². The number of halogens is 3. The molecule has 0 fully saturated rings. The monoisotopic (exact) mass is 470 g/mol. The molecular formula is C20H21BrCl2N2O2. The van der Waals surface area contributed by atoms with Crippen molar-refractivity contribution >= 4 is 50.9 Å². The minimum absolute atomic E-state index is 0.102. The van der Waals surface area contributed by atoms with Gasteiger partial charge in [0.25, 0.3) is 0 Å². The number of benzene rings is 2. The van der Waals surface area contributed by atoms with Crippen molar-refractivity contribution in [3.8, 4) is 0 Å². The third-order valence-corrected chi connectivity index (χ3v) is 5.51. The van der Waals surface area contributed by atoms with E-state index in [0.29, 0.717) is 10.0 Å². The van der Waals surface area contributed by atoms with Crippen molar-refractivity contribution in [2.24, 2.45) is 0 Å². The molecule has 0 saturated heterocycles. The first-order valence-corrected chi connectivity index (χ1v) is 9.97. The van der Waals surface area contributed by atoms with E-state index in [0.717, 1.165) is 15.6 Å². The zero-order chi connectivity index (χ0) is 20.1. The lowest BCUT2D eigenvalue weighted by Gasteiger charge is -2.28. The second-order valence-electron chi connectivity index (χ2n) is 6.36. The predicted molar refractivity (Wildman–Crippen MR) is 113 cm³/mol. The largest absolute Gasteiger partial charge is 0.349 e. The lowest BCUT2D eigenvalue weighted by molar-refractivity contribution is -0.132. The maximum absolute atomic E-state index is 12.9. The molecule has 0 aliphatic carbocycles. The van der Waals surface area contributed by atoms with Gasteiger partial charge in [0, 0.05) is 28.5 Å². The zero-order valence-electron chi connectivity index (χ0n) is 15.3. The van der Waals surface area contributed by atoms with E-state index in [4.69, 9.17) is 23.2 Å². The van der Waals surface area contributed by atoms with Gasteiger partial charge in [0.15, 0.2) is 0 Å². The van der Waals surface area contributed by atoms with Gasteiger partial charge in [-0.2, -0.15) is 0 Å². The average Bonchev–Trinajstić information content (AvgIpc) is 2.60. The number of rotatable bonds is 6. The van der Waals surface area contributed by atoms with Gasteiger partial charge in [-0.3, -0.25) is 9.59 Å². The molecule has 0 radical (unpaired) electrons. The molecule has 144 valence electrons. The molecule has 0 heterocycles. The molecule has 4 nitrogen and oxygen atoms in total. The molecule has 2 aromatic carbocycles. The Hall–Kier alpha value is -1.56. The van der Waals surface area contributed by atoms with Gasteiger partial charge >= 0.3 is 0 Å². The van der Waals surface area contributed by atoms with E-state index in [2.05, 4.69) is 21.2 Å². The van der Waals surface area contributed by atoms with Crippen LogP contribution >= 0.6 is 39.1 Å². The molecular weight excluding hydrogens is 451 g/mol. The maximum Gasteiger partial charge on any atom is 0.225 e. The van der Waals surface area contributed by atoms with Crippen molar-refractivity contribution < 1.29 is 9.59 Å². The molecule has 2 amide bonds. The molecule has 0 spiro atoms. The van der Waals surface area contributed by atoms with Gasteiger partial charge in [-0.1, -0.05) is 57.3 Å². The van der Waals surface area contributed by atoms with Crippen molar-refractivity contribution in [3.05, 3.63) is 68.1 Å². The highest BCUT2D eigenvalue weighted by Gasteiger charge is 2.24. The molecule has 0 aliphatic rings. The quantitative estimate of drug-likeness (QED) is 0.600. The minimum atomic E-state index is -0.404. The second kappa shape index (κ2) is 9.58. The van der Waals surface area contributed by atoms with Crippen LogP contribution in [0.3, 0.4) is 0 Å². The smallest absolute Gasteiger partial charge is 0.225 e. The number of hydrogen-bond acceptors (Lipinski definition) is 2. The van der Waals surface area contributed by atoms with Gasteiger partial charge in [0.05, 0.1) is 18.5 Å². The van der Waals surface area contributed by atoms with Crippen LogP contribution in [-0.4, -0.2) is 23.8 Å². The molecule has 0 aromatic heterocycles. The van der Waals surface area contributed by atoms with Gasteiger partial charge in [0.1, 0.15) is 0 Å². The molecule has 7 heteroatoms. The molecule has 0 bridgehead atoms. The van der Waals surface area contributed by atoms with Crippen LogP contribution in [-0.2, 0) is 9.59 Å². The average molecular weight is 472 g/mol. The summed E-state index contributed by atoms with van der Waals surface area (Å²) in [7, 11) is 1.73. The molecule has 1 N–H and O–H groups in total. The third kappa shape index (κ3) is 5.96. The van der Waals surface area contributed by atoms with Crippen LogP contribution < -0.4 is 5.32 Å². The fourth-order valence-electron chi connectivity index (χ4n) is 2.78. The van der Waals surface area contributed by atoms with Crippen LogP contribution in [0.5, 0.6) is 0 Å². The summed E-state index contributed by atoms with van der Waals surface area (Å²) in [5, 5.41) is 3.92. The highest BCUT2D eigenvalue weighted by molar-refractivity contribution is 9.10. The van der Waals surface area contributed by atoms with Crippen molar-refractivity contribution in [3.63, 3.8) is 0 Å². The van der Waals surface area contributed by atoms with E-state index >= 15 is 0 Å². The summed E-state index contributed by atoms with van der Waals surface area (Å²) in [6.45, 7) is 3.34. The normalized spacial score (nSPS) is 13.0. The van der Waals surface area contributed by atoms with E-state index < -0.39 is 6.04 Å². The number of carbonyl (C=O) groups is 2. The Labute approximate surface area is 178 Å². The van der Waals surface area contributed by atoms with E-state index in [9.17, 15) is 9.59 Å². The summed E-state index contributed by atoms with van der Waals surface area (Å²) < 4.78 is 0.933. The maximum atomic E-state index is 12.9. The lowest BCUT2D eigenvalue weighted by Crippen LogP contribution is -2.35. The fraction of sp³-hybridized carbons (Fsp3) is 0.300. The van der Waals surface area contributed by atoms with Gasteiger partial charge in [0.2, 0.25) is 11.8 Å². The summed E-state index contributed by atoms with van der Waals surface area (Å²) in [4.78, 5) is 26.1. The second-order valence-corrected chi connectivity index (χ2v) is 8.11. The number of nitrogens with zero attached hydrogens (tertiary/aromatic N) is 1. The summed E-state index contributed by atoms with van der Waals surface area (Å²) in [5.74, 6) is -0.289. The molecule has 2 aromatic rings. The Bertz CT molecular complexity index is 827. The fourth-order valence-corrected chi connectivity index (χ4v) is 3.61.